The van der Waals surface area contributed by atoms with E-state index >= 15 is 0 Å². The summed E-state index contributed by atoms with van der Waals surface area (Å²) in [5.41, 5.74) is -0.834. The lowest BCUT2D eigenvalue weighted by Crippen LogP contribution is -2.27. The van der Waals surface area contributed by atoms with Gasteiger partial charge in [0, 0.05) is 23.4 Å². The molecule has 3 nitrogen and oxygen atoms in total. The molecule has 1 N–H and O–H groups in total. The molecule has 1 amide bonds. The molecular formula is C15H18F3NO2S. The summed E-state index contributed by atoms with van der Waals surface area (Å²) < 4.78 is 42.9. The van der Waals surface area contributed by atoms with Crippen LogP contribution < -0.4 is 5.32 Å². The number of carbonyl (C=O) groups is 1. The number of methoxy groups -OCH3 is 1. The average Bonchev–Trinajstić information content (AvgIpc) is 3.15. The van der Waals surface area contributed by atoms with Crippen molar-refractivity contribution in [2.24, 2.45) is 11.3 Å². The van der Waals surface area contributed by atoms with E-state index in [-0.39, 0.29) is 6.42 Å². The molecule has 22 heavy (non-hydrogen) atoms. The number of alkyl halides is 3. The Morgan fingerprint density at radius 3 is 2.55 bits per heavy atom. The first kappa shape index (κ1) is 17.1. The van der Waals surface area contributed by atoms with E-state index in [1.807, 2.05) is 12.1 Å². The van der Waals surface area contributed by atoms with Crippen molar-refractivity contribution in [3.05, 3.63) is 24.3 Å². The van der Waals surface area contributed by atoms with Crippen molar-refractivity contribution in [1.82, 2.24) is 0 Å². The highest BCUT2D eigenvalue weighted by Crippen LogP contribution is 2.60. The van der Waals surface area contributed by atoms with E-state index in [1.165, 1.54) is 6.92 Å². The van der Waals surface area contributed by atoms with Crippen molar-refractivity contribution < 1.29 is 22.7 Å². The van der Waals surface area contributed by atoms with Gasteiger partial charge in [-0.1, -0.05) is 6.92 Å². The van der Waals surface area contributed by atoms with Gasteiger partial charge in [-0.15, -0.1) is 11.8 Å². The van der Waals surface area contributed by atoms with Crippen LogP contribution in [0.15, 0.2) is 29.2 Å². The number of hydrogen-bond acceptors (Lipinski definition) is 3. The Hall–Kier alpha value is -1.21. The third-order valence-electron chi connectivity index (χ3n) is 3.82. The summed E-state index contributed by atoms with van der Waals surface area (Å²) >= 11 is 1.61. The predicted octanol–water partition coefficient (Wildman–Crippen LogP) is 3.95. The summed E-state index contributed by atoms with van der Waals surface area (Å²) in [4.78, 5) is 13.0. The summed E-state index contributed by atoms with van der Waals surface area (Å²) in [6.07, 6.45) is -4.46. The maximum atomic E-state index is 12.6. The molecule has 0 radical (unpaired) electrons. The lowest BCUT2D eigenvalue weighted by molar-refractivity contribution is -0.159. The van der Waals surface area contributed by atoms with Crippen LogP contribution in [0.1, 0.15) is 13.3 Å². The first-order valence-electron chi connectivity index (χ1n) is 6.87. The van der Waals surface area contributed by atoms with Crippen LogP contribution in [0, 0.1) is 11.3 Å². The number of amides is 1. The first-order valence-corrected chi connectivity index (χ1v) is 7.86. The zero-order valence-electron chi connectivity index (χ0n) is 12.4. The van der Waals surface area contributed by atoms with E-state index in [4.69, 9.17) is 4.74 Å². The number of hydrogen-bond donors (Lipinski definition) is 1. The third-order valence-corrected chi connectivity index (χ3v) is 4.80. The van der Waals surface area contributed by atoms with Gasteiger partial charge in [-0.05, 0) is 30.7 Å². The minimum atomic E-state index is -4.31. The third kappa shape index (κ3) is 3.95. The van der Waals surface area contributed by atoms with Crippen molar-refractivity contribution in [3.63, 3.8) is 0 Å². The molecule has 1 saturated carbocycles. The number of anilines is 1. The maximum Gasteiger partial charge on any atom is 0.392 e. The fourth-order valence-corrected chi connectivity index (χ4v) is 3.06. The molecule has 0 aliphatic heterocycles. The molecule has 0 spiro atoms. The van der Waals surface area contributed by atoms with Gasteiger partial charge in [0.25, 0.3) is 0 Å². The molecule has 1 aromatic carbocycles. The molecule has 1 aromatic rings. The normalized spacial score (nSPS) is 24.1. The van der Waals surface area contributed by atoms with Crippen molar-refractivity contribution in [3.8, 4) is 0 Å². The van der Waals surface area contributed by atoms with Gasteiger partial charge in [0.1, 0.15) is 0 Å². The summed E-state index contributed by atoms with van der Waals surface area (Å²) in [5.74, 6) is -1.30. The van der Waals surface area contributed by atoms with Gasteiger partial charge >= 0.3 is 6.18 Å². The molecule has 1 aliphatic rings. The van der Waals surface area contributed by atoms with Crippen LogP contribution >= 0.6 is 11.8 Å². The number of carbonyl (C=O) groups excluding carboxylic acids is 1. The highest BCUT2D eigenvalue weighted by molar-refractivity contribution is 7.99. The second-order valence-electron chi connectivity index (χ2n) is 5.54. The number of halogens is 3. The highest BCUT2D eigenvalue weighted by Gasteiger charge is 2.67. The van der Waals surface area contributed by atoms with E-state index in [0.717, 1.165) is 10.6 Å². The topological polar surface area (TPSA) is 38.3 Å². The Balaban J connectivity index is 1.90. The number of ether oxygens (including phenoxy) is 1. The first-order chi connectivity index (χ1) is 10.3. The molecule has 1 aliphatic carbocycles. The molecule has 0 bridgehead atoms. The second kappa shape index (κ2) is 6.50. The van der Waals surface area contributed by atoms with Gasteiger partial charge in [0.2, 0.25) is 5.91 Å². The lowest BCUT2D eigenvalue weighted by atomic mass is 10.1. The summed E-state index contributed by atoms with van der Waals surface area (Å²) in [6, 6.07) is 7.04. The summed E-state index contributed by atoms with van der Waals surface area (Å²) in [6.45, 7) is 2.00. The van der Waals surface area contributed by atoms with Gasteiger partial charge in [-0.3, -0.25) is 4.79 Å². The van der Waals surface area contributed by atoms with Gasteiger partial charge in [-0.2, -0.15) is 13.2 Å². The molecule has 7 heteroatoms. The monoisotopic (exact) mass is 333 g/mol. The van der Waals surface area contributed by atoms with Crippen LogP contribution in [0.25, 0.3) is 0 Å². The Morgan fingerprint density at radius 2 is 2.05 bits per heavy atom. The number of thioether (sulfide) groups is 1. The zero-order chi connectivity index (χ0) is 16.4. The largest absolute Gasteiger partial charge is 0.392 e. The van der Waals surface area contributed by atoms with Crippen molar-refractivity contribution in [2.45, 2.75) is 24.4 Å². The fraction of sp³-hybridized carbons (Fsp3) is 0.533. The highest BCUT2D eigenvalue weighted by atomic mass is 32.2. The molecule has 0 heterocycles. The van der Waals surface area contributed by atoms with Crippen molar-refractivity contribution >= 4 is 23.4 Å². The Kier molecular flexibility index (Phi) is 5.07. The van der Waals surface area contributed by atoms with Crippen LogP contribution in [-0.2, 0) is 9.53 Å². The lowest BCUT2D eigenvalue weighted by Gasteiger charge is -2.14. The molecule has 2 rings (SSSR count). The van der Waals surface area contributed by atoms with Crippen LogP contribution in [0.3, 0.4) is 0 Å². The number of benzene rings is 1. The molecule has 2 atom stereocenters. The SMILES string of the molecule is COCCSc1ccc(NC(=O)C2(C)CC2C(F)(F)F)cc1. The molecule has 2 unspecified atom stereocenters. The Morgan fingerprint density at radius 1 is 1.41 bits per heavy atom. The van der Waals surface area contributed by atoms with Gasteiger partial charge < -0.3 is 10.1 Å². The second-order valence-corrected chi connectivity index (χ2v) is 6.70. The van der Waals surface area contributed by atoms with Gasteiger partial charge in [0.15, 0.2) is 0 Å². The summed E-state index contributed by atoms with van der Waals surface area (Å²) in [5, 5.41) is 2.57. The molecule has 122 valence electrons. The van der Waals surface area contributed by atoms with Crippen LogP contribution in [-0.4, -0.2) is 31.6 Å². The van der Waals surface area contributed by atoms with E-state index in [1.54, 1.807) is 31.0 Å². The number of rotatable bonds is 6. The maximum absolute atomic E-state index is 12.6. The van der Waals surface area contributed by atoms with Crippen molar-refractivity contribution in [1.29, 1.82) is 0 Å². The molecule has 0 saturated heterocycles. The molecule has 0 aromatic heterocycles. The smallest absolute Gasteiger partial charge is 0.384 e. The van der Waals surface area contributed by atoms with Crippen molar-refractivity contribution in [2.75, 3.05) is 24.8 Å². The van der Waals surface area contributed by atoms with Crippen LogP contribution in [0.4, 0.5) is 18.9 Å². The standard InChI is InChI=1S/C15H18F3NO2S/c1-14(9-12(14)15(16,17)18)13(20)19-10-3-5-11(6-4-10)22-8-7-21-2/h3-6,12H,7-9H2,1-2H3,(H,19,20). The van der Waals surface area contributed by atoms with E-state index < -0.39 is 23.4 Å². The van der Waals surface area contributed by atoms with Gasteiger partial charge in [-0.25, -0.2) is 0 Å². The van der Waals surface area contributed by atoms with E-state index in [2.05, 4.69) is 5.32 Å². The fourth-order valence-electron chi connectivity index (χ4n) is 2.24. The number of nitrogens with one attached hydrogen (secondary N) is 1. The molecular weight excluding hydrogens is 315 g/mol. The average molecular weight is 333 g/mol. The zero-order valence-corrected chi connectivity index (χ0v) is 13.2. The van der Waals surface area contributed by atoms with E-state index in [0.29, 0.717) is 12.3 Å². The quantitative estimate of drug-likeness (QED) is 0.633. The minimum absolute atomic E-state index is 0.146. The Labute approximate surface area is 131 Å². The van der Waals surface area contributed by atoms with Crippen LogP contribution in [0.5, 0.6) is 0 Å². The Bertz CT molecular complexity index is 533. The van der Waals surface area contributed by atoms with E-state index in [9.17, 15) is 18.0 Å². The van der Waals surface area contributed by atoms with Crippen LogP contribution in [0.2, 0.25) is 0 Å². The minimum Gasteiger partial charge on any atom is -0.384 e. The van der Waals surface area contributed by atoms with Gasteiger partial charge in [0.05, 0.1) is 17.9 Å². The molecule has 1 fully saturated rings. The predicted molar refractivity (Wildman–Crippen MR) is 79.9 cm³/mol. The summed E-state index contributed by atoms with van der Waals surface area (Å²) in [7, 11) is 1.63.